The standard InChI is InChI=1S/C16H30N4O.HI/c1-4-7-9-14(8-5-2)12-18-16(17-6-3)19-13-15-10-11-21-20-15;/h10-11,14H,4-9,12-13H2,1-3H3,(H2,17,18,19);1H. The Labute approximate surface area is 151 Å². The second-order valence-corrected chi connectivity index (χ2v) is 5.36. The first-order chi connectivity index (χ1) is 10.3. The lowest BCUT2D eigenvalue weighted by atomic mass is 9.97. The van der Waals surface area contributed by atoms with Crippen LogP contribution in [0.4, 0.5) is 0 Å². The molecule has 1 aromatic rings. The fourth-order valence-electron chi connectivity index (χ4n) is 2.31. The Morgan fingerprint density at radius 1 is 1.23 bits per heavy atom. The summed E-state index contributed by atoms with van der Waals surface area (Å²) in [4.78, 5) is 4.54. The van der Waals surface area contributed by atoms with Crippen LogP contribution in [-0.2, 0) is 6.54 Å². The smallest absolute Gasteiger partial charge is 0.191 e. The number of nitrogens with zero attached hydrogens (tertiary/aromatic N) is 2. The SMILES string of the molecule is CCCCC(CCC)CNC(=NCc1ccon1)NCC.I. The molecule has 0 amide bonds. The molecule has 0 aliphatic rings. The Balaban J connectivity index is 0.00000441. The summed E-state index contributed by atoms with van der Waals surface area (Å²) in [5.41, 5.74) is 0.850. The third-order valence-electron chi connectivity index (χ3n) is 3.46. The molecule has 0 aliphatic heterocycles. The van der Waals surface area contributed by atoms with Gasteiger partial charge in [0.05, 0.1) is 6.54 Å². The Hall–Kier alpha value is -0.790. The number of hydrogen-bond donors (Lipinski definition) is 2. The van der Waals surface area contributed by atoms with E-state index in [2.05, 4.69) is 41.6 Å². The van der Waals surface area contributed by atoms with E-state index in [4.69, 9.17) is 4.52 Å². The predicted octanol–water partition coefficient (Wildman–Crippen LogP) is 3.95. The van der Waals surface area contributed by atoms with Gasteiger partial charge in [-0.25, -0.2) is 4.99 Å². The zero-order chi connectivity index (χ0) is 15.3. The van der Waals surface area contributed by atoms with E-state index >= 15 is 0 Å². The van der Waals surface area contributed by atoms with Crippen molar-refractivity contribution in [1.29, 1.82) is 0 Å². The van der Waals surface area contributed by atoms with Gasteiger partial charge in [-0.05, 0) is 25.7 Å². The molecule has 0 bridgehead atoms. The molecule has 128 valence electrons. The lowest BCUT2D eigenvalue weighted by Crippen LogP contribution is -2.39. The fourth-order valence-corrected chi connectivity index (χ4v) is 2.31. The van der Waals surface area contributed by atoms with E-state index < -0.39 is 0 Å². The number of rotatable bonds is 10. The molecule has 1 unspecified atom stereocenters. The van der Waals surface area contributed by atoms with Crippen molar-refractivity contribution >= 4 is 29.9 Å². The van der Waals surface area contributed by atoms with Crippen molar-refractivity contribution in [3.8, 4) is 0 Å². The fraction of sp³-hybridized carbons (Fsp3) is 0.750. The van der Waals surface area contributed by atoms with Gasteiger partial charge in [0.2, 0.25) is 0 Å². The molecule has 0 aliphatic carbocycles. The topological polar surface area (TPSA) is 62.5 Å². The van der Waals surface area contributed by atoms with Crippen LogP contribution < -0.4 is 10.6 Å². The zero-order valence-electron chi connectivity index (χ0n) is 14.1. The number of nitrogens with one attached hydrogen (secondary N) is 2. The van der Waals surface area contributed by atoms with Crippen LogP contribution in [0.15, 0.2) is 21.8 Å². The minimum absolute atomic E-state index is 0. The monoisotopic (exact) mass is 422 g/mol. The quantitative estimate of drug-likeness (QED) is 0.341. The summed E-state index contributed by atoms with van der Waals surface area (Å²) >= 11 is 0. The normalized spacial score (nSPS) is 12.6. The lowest BCUT2D eigenvalue weighted by molar-refractivity contribution is 0.411. The molecular formula is C16H31IN4O. The highest BCUT2D eigenvalue weighted by Gasteiger charge is 2.08. The van der Waals surface area contributed by atoms with Crippen LogP contribution in [0.5, 0.6) is 0 Å². The summed E-state index contributed by atoms with van der Waals surface area (Å²) < 4.78 is 4.82. The Morgan fingerprint density at radius 2 is 2.05 bits per heavy atom. The molecule has 5 nitrogen and oxygen atoms in total. The van der Waals surface area contributed by atoms with Gasteiger partial charge in [0.1, 0.15) is 12.0 Å². The van der Waals surface area contributed by atoms with Gasteiger partial charge in [-0.1, -0.05) is 38.3 Å². The molecule has 0 fully saturated rings. The maximum Gasteiger partial charge on any atom is 0.191 e. The maximum atomic E-state index is 4.82. The molecule has 0 aromatic carbocycles. The van der Waals surface area contributed by atoms with Gasteiger partial charge < -0.3 is 15.2 Å². The van der Waals surface area contributed by atoms with E-state index in [1.807, 2.05) is 6.07 Å². The predicted molar refractivity (Wildman–Crippen MR) is 103 cm³/mol. The molecule has 0 saturated heterocycles. The zero-order valence-corrected chi connectivity index (χ0v) is 16.4. The number of guanidine groups is 1. The van der Waals surface area contributed by atoms with Gasteiger partial charge in [0.25, 0.3) is 0 Å². The van der Waals surface area contributed by atoms with Crippen LogP contribution in [0.1, 0.15) is 58.6 Å². The molecule has 1 atom stereocenters. The van der Waals surface area contributed by atoms with Crippen molar-refractivity contribution < 1.29 is 4.52 Å². The van der Waals surface area contributed by atoms with Gasteiger partial charge >= 0.3 is 0 Å². The summed E-state index contributed by atoms with van der Waals surface area (Å²) in [7, 11) is 0. The molecule has 22 heavy (non-hydrogen) atoms. The Morgan fingerprint density at radius 3 is 2.64 bits per heavy atom. The Kier molecular flexibility index (Phi) is 13.3. The van der Waals surface area contributed by atoms with Gasteiger partial charge in [0, 0.05) is 19.2 Å². The van der Waals surface area contributed by atoms with E-state index in [1.165, 1.54) is 32.1 Å². The molecule has 1 heterocycles. The average Bonchev–Trinajstić information content (AvgIpc) is 3.00. The largest absolute Gasteiger partial charge is 0.364 e. The van der Waals surface area contributed by atoms with E-state index in [0.29, 0.717) is 6.54 Å². The van der Waals surface area contributed by atoms with Crippen molar-refractivity contribution in [2.45, 2.75) is 59.4 Å². The van der Waals surface area contributed by atoms with Gasteiger partial charge in [0.15, 0.2) is 5.96 Å². The molecule has 2 N–H and O–H groups in total. The highest BCUT2D eigenvalue weighted by molar-refractivity contribution is 14.0. The highest BCUT2D eigenvalue weighted by atomic mass is 127. The van der Waals surface area contributed by atoms with Crippen molar-refractivity contribution in [3.05, 3.63) is 18.0 Å². The minimum atomic E-state index is 0. The van der Waals surface area contributed by atoms with Gasteiger partial charge in [-0.3, -0.25) is 0 Å². The minimum Gasteiger partial charge on any atom is -0.364 e. The van der Waals surface area contributed by atoms with Crippen LogP contribution in [0.3, 0.4) is 0 Å². The van der Waals surface area contributed by atoms with Crippen LogP contribution in [0, 0.1) is 5.92 Å². The number of unbranched alkanes of at least 4 members (excludes halogenated alkanes) is 1. The molecule has 0 spiro atoms. The Bertz CT molecular complexity index is 382. The summed E-state index contributed by atoms with van der Waals surface area (Å²) in [6.07, 6.45) is 7.95. The number of aromatic nitrogens is 1. The molecule has 0 saturated carbocycles. The highest BCUT2D eigenvalue weighted by Crippen LogP contribution is 2.13. The molecule has 1 rings (SSSR count). The van der Waals surface area contributed by atoms with Gasteiger partial charge in [-0.15, -0.1) is 24.0 Å². The number of hydrogen-bond acceptors (Lipinski definition) is 3. The van der Waals surface area contributed by atoms with E-state index in [0.717, 1.165) is 30.7 Å². The maximum absolute atomic E-state index is 4.82. The third kappa shape index (κ3) is 9.27. The second-order valence-electron chi connectivity index (χ2n) is 5.36. The first kappa shape index (κ1) is 21.2. The number of halogens is 1. The molecule has 0 radical (unpaired) electrons. The van der Waals surface area contributed by atoms with Crippen LogP contribution in [0.2, 0.25) is 0 Å². The second kappa shape index (κ2) is 13.8. The summed E-state index contributed by atoms with van der Waals surface area (Å²) in [5, 5.41) is 10.6. The van der Waals surface area contributed by atoms with Crippen LogP contribution in [0.25, 0.3) is 0 Å². The van der Waals surface area contributed by atoms with Crippen molar-refractivity contribution in [1.82, 2.24) is 15.8 Å². The van der Waals surface area contributed by atoms with Crippen molar-refractivity contribution in [3.63, 3.8) is 0 Å². The average molecular weight is 422 g/mol. The van der Waals surface area contributed by atoms with Crippen molar-refractivity contribution in [2.75, 3.05) is 13.1 Å². The van der Waals surface area contributed by atoms with Crippen molar-refractivity contribution in [2.24, 2.45) is 10.9 Å². The first-order valence-electron chi connectivity index (χ1n) is 8.21. The summed E-state index contributed by atoms with van der Waals surface area (Å²) in [6.45, 7) is 8.96. The molecular weight excluding hydrogens is 391 g/mol. The van der Waals surface area contributed by atoms with Crippen LogP contribution in [-0.4, -0.2) is 24.2 Å². The lowest BCUT2D eigenvalue weighted by Gasteiger charge is -2.18. The van der Waals surface area contributed by atoms with Gasteiger partial charge in [-0.2, -0.15) is 0 Å². The van der Waals surface area contributed by atoms with E-state index in [9.17, 15) is 0 Å². The molecule has 6 heteroatoms. The van der Waals surface area contributed by atoms with Crippen LogP contribution >= 0.6 is 24.0 Å². The summed E-state index contributed by atoms with van der Waals surface area (Å²) in [5.74, 6) is 1.59. The van der Waals surface area contributed by atoms with E-state index in [1.54, 1.807) is 6.26 Å². The summed E-state index contributed by atoms with van der Waals surface area (Å²) in [6, 6.07) is 1.84. The van der Waals surface area contributed by atoms with E-state index in [-0.39, 0.29) is 24.0 Å². The molecule has 1 aromatic heterocycles. The first-order valence-corrected chi connectivity index (χ1v) is 8.21. The third-order valence-corrected chi connectivity index (χ3v) is 3.46. The number of aliphatic imine (C=N–C) groups is 1.